The Labute approximate surface area is 124 Å². The van der Waals surface area contributed by atoms with Crippen LogP contribution in [0.1, 0.15) is 24.2 Å². The summed E-state index contributed by atoms with van der Waals surface area (Å²) in [6.07, 6.45) is 1.80. The van der Waals surface area contributed by atoms with Gasteiger partial charge in [-0.25, -0.2) is 0 Å². The molecule has 0 fully saturated rings. The molecule has 1 aromatic carbocycles. The highest BCUT2D eigenvalue weighted by atomic mass is 35.5. The SMILES string of the molecule is Cc1ccc(-c2ccc(CNCCCCO)o2)cc1Cl. The molecule has 1 heterocycles. The topological polar surface area (TPSA) is 45.4 Å². The van der Waals surface area contributed by atoms with Crippen LogP contribution in [-0.2, 0) is 6.54 Å². The molecule has 0 bridgehead atoms. The monoisotopic (exact) mass is 293 g/mol. The molecule has 3 nitrogen and oxygen atoms in total. The molecular formula is C16H20ClNO2. The average molecular weight is 294 g/mol. The standard InChI is InChI=1S/C16H20ClNO2/c1-12-4-5-13(10-15(12)17)16-7-6-14(20-16)11-18-8-2-3-9-19/h4-7,10,18-19H,2-3,8-9,11H2,1H3. The van der Waals surface area contributed by atoms with Crippen LogP contribution in [0.3, 0.4) is 0 Å². The Morgan fingerprint density at radius 3 is 2.80 bits per heavy atom. The number of aryl methyl sites for hydroxylation is 1. The fourth-order valence-corrected chi connectivity index (χ4v) is 2.13. The molecular weight excluding hydrogens is 274 g/mol. The van der Waals surface area contributed by atoms with E-state index in [4.69, 9.17) is 21.1 Å². The number of halogens is 1. The zero-order valence-electron chi connectivity index (χ0n) is 11.7. The van der Waals surface area contributed by atoms with Gasteiger partial charge in [0, 0.05) is 17.2 Å². The second-order valence-electron chi connectivity index (χ2n) is 4.84. The lowest BCUT2D eigenvalue weighted by molar-refractivity contribution is 0.283. The number of rotatable bonds is 7. The minimum Gasteiger partial charge on any atom is -0.460 e. The van der Waals surface area contributed by atoms with Crippen LogP contribution in [0, 0.1) is 6.92 Å². The van der Waals surface area contributed by atoms with E-state index in [1.165, 1.54) is 0 Å². The van der Waals surface area contributed by atoms with Crippen LogP contribution in [0.5, 0.6) is 0 Å². The summed E-state index contributed by atoms with van der Waals surface area (Å²) in [6, 6.07) is 9.87. The van der Waals surface area contributed by atoms with Gasteiger partial charge in [0.25, 0.3) is 0 Å². The van der Waals surface area contributed by atoms with Crippen molar-refractivity contribution in [3.05, 3.63) is 46.7 Å². The smallest absolute Gasteiger partial charge is 0.134 e. The molecule has 0 radical (unpaired) electrons. The van der Waals surface area contributed by atoms with Crippen LogP contribution in [0.15, 0.2) is 34.7 Å². The molecule has 20 heavy (non-hydrogen) atoms. The number of aliphatic hydroxyl groups excluding tert-OH is 1. The Bertz CT molecular complexity index is 551. The predicted molar refractivity (Wildman–Crippen MR) is 81.9 cm³/mol. The van der Waals surface area contributed by atoms with Gasteiger partial charge in [-0.15, -0.1) is 0 Å². The molecule has 0 aliphatic carbocycles. The molecule has 0 saturated heterocycles. The largest absolute Gasteiger partial charge is 0.460 e. The summed E-state index contributed by atoms with van der Waals surface area (Å²) in [7, 11) is 0. The van der Waals surface area contributed by atoms with Gasteiger partial charge in [-0.3, -0.25) is 0 Å². The lowest BCUT2D eigenvalue weighted by atomic mass is 10.1. The minimum atomic E-state index is 0.251. The van der Waals surface area contributed by atoms with Gasteiger partial charge < -0.3 is 14.8 Å². The lowest BCUT2D eigenvalue weighted by Gasteiger charge is -2.03. The van der Waals surface area contributed by atoms with Gasteiger partial charge in [0.15, 0.2) is 0 Å². The van der Waals surface area contributed by atoms with Gasteiger partial charge in [0.2, 0.25) is 0 Å². The Morgan fingerprint density at radius 2 is 2.05 bits per heavy atom. The first-order valence-electron chi connectivity index (χ1n) is 6.87. The van der Waals surface area contributed by atoms with Crippen LogP contribution >= 0.6 is 11.6 Å². The summed E-state index contributed by atoms with van der Waals surface area (Å²) in [5, 5.41) is 12.7. The molecule has 0 unspecified atom stereocenters. The van der Waals surface area contributed by atoms with Gasteiger partial charge in [-0.1, -0.05) is 23.7 Å². The summed E-state index contributed by atoms with van der Waals surface area (Å²) < 4.78 is 5.80. The quantitative estimate of drug-likeness (QED) is 0.764. The van der Waals surface area contributed by atoms with Crippen molar-refractivity contribution >= 4 is 11.6 Å². The highest BCUT2D eigenvalue weighted by Gasteiger charge is 2.06. The molecule has 0 spiro atoms. The van der Waals surface area contributed by atoms with Gasteiger partial charge in [0.1, 0.15) is 11.5 Å². The second kappa shape index (κ2) is 7.48. The number of benzene rings is 1. The molecule has 0 aliphatic heterocycles. The summed E-state index contributed by atoms with van der Waals surface area (Å²) in [5.74, 6) is 1.74. The summed E-state index contributed by atoms with van der Waals surface area (Å²) in [6.45, 7) is 3.81. The first-order valence-corrected chi connectivity index (χ1v) is 7.25. The van der Waals surface area contributed by atoms with E-state index in [1.807, 2.05) is 37.3 Å². The second-order valence-corrected chi connectivity index (χ2v) is 5.24. The van der Waals surface area contributed by atoms with Crippen LogP contribution in [0.25, 0.3) is 11.3 Å². The van der Waals surface area contributed by atoms with Gasteiger partial charge in [0.05, 0.1) is 6.54 Å². The summed E-state index contributed by atoms with van der Waals surface area (Å²) in [4.78, 5) is 0. The molecule has 0 atom stereocenters. The number of nitrogens with one attached hydrogen (secondary N) is 1. The van der Waals surface area contributed by atoms with Gasteiger partial charge in [-0.2, -0.15) is 0 Å². The van der Waals surface area contributed by atoms with Crippen molar-refractivity contribution in [3.8, 4) is 11.3 Å². The van der Waals surface area contributed by atoms with Crippen molar-refractivity contribution in [2.24, 2.45) is 0 Å². The van der Waals surface area contributed by atoms with Gasteiger partial charge >= 0.3 is 0 Å². The number of unbranched alkanes of at least 4 members (excludes halogenated alkanes) is 1. The fourth-order valence-electron chi connectivity index (χ4n) is 1.95. The van der Waals surface area contributed by atoms with E-state index in [-0.39, 0.29) is 6.61 Å². The van der Waals surface area contributed by atoms with Crippen molar-refractivity contribution in [2.45, 2.75) is 26.3 Å². The number of furan rings is 1. The molecule has 2 rings (SSSR count). The maximum atomic E-state index is 8.70. The minimum absolute atomic E-state index is 0.251. The molecule has 4 heteroatoms. The molecule has 2 N–H and O–H groups in total. The van der Waals surface area contributed by atoms with Crippen molar-refractivity contribution in [1.29, 1.82) is 0 Å². The zero-order valence-corrected chi connectivity index (χ0v) is 12.4. The summed E-state index contributed by atoms with van der Waals surface area (Å²) in [5.41, 5.74) is 2.06. The Hall–Kier alpha value is -1.29. The molecule has 0 amide bonds. The molecule has 2 aromatic rings. The number of aliphatic hydroxyl groups is 1. The van der Waals surface area contributed by atoms with E-state index in [2.05, 4.69) is 5.32 Å². The van der Waals surface area contributed by atoms with Crippen molar-refractivity contribution in [3.63, 3.8) is 0 Å². The molecule has 0 aliphatic rings. The first kappa shape index (κ1) is 15.1. The maximum Gasteiger partial charge on any atom is 0.134 e. The molecule has 108 valence electrons. The third-order valence-electron chi connectivity index (χ3n) is 3.18. The lowest BCUT2D eigenvalue weighted by Crippen LogP contribution is -2.14. The van der Waals surface area contributed by atoms with Crippen molar-refractivity contribution in [1.82, 2.24) is 5.32 Å². The van der Waals surface area contributed by atoms with Crippen LogP contribution in [-0.4, -0.2) is 18.3 Å². The zero-order chi connectivity index (χ0) is 14.4. The van der Waals surface area contributed by atoms with E-state index in [9.17, 15) is 0 Å². The van der Waals surface area contributed by atoms with Gasteiger partial charge in [-0.05, 0) is 50.1 Å². The van der Waals surface area contributed by atoms with E-state index >= 15 is 0 Å². The Kier molecular flexibility index (Phi) is 5.65. The Balaban J connectivity index is 1.93. The normalized spacial score (nSPS) is 10.9. The average Bonchev–Trinajstić information content (AvgIpc) is 2.90. The Morgan fingerprint density at radius 1 is 1.20 bits per heavy atom. The fraction of sp³-hybridized carbons (Fsp3) is 0.375. The van der Waals surface area contributed by atoms with E-state index < -0.39 is 0 Å². The molecule has 1 aromatic heterocycles. The van der Waals surface area contributed by atoms with Crippen molar-refractivity contribution < 1.29 is 9.52 Å². The predicted octanol–water partition coefficient (Wildman–Crippen LogP) is 3.77. The number of hydrogen-bond donors (Lipinski definition) is 2. The van der Waals surface area contributed by atoms with E-state index in [0.29, 0.717) is 6.54 Å². The number of hydrogen-bond acceptors (Lipinski definition) is 3. The van der Waals surface area contributed by atoms with Crippen LogP contribution in [0.4, 0.5) is 0 Å². The van der Waals surface area contributed by atoms with Crippen molar-refractivity contribution in [2.75, 3.05) is 13.2 Å². The highest BCUT2D eigenvalue weighted by molar-refractivity contribution is 6.31. The van der Waals surface area contributed by atoms with E-state index in [0.717, 1.165) is 47.1 Å². The first-order chi connectivity index (χ1) is 9.70. The van der Waals surface area contributed by atoms with Crippen LogP contribution in [0.2, 0.25) is 5.02 Å². The molecule has 0 saturated carbocycles. The highest BCUT2D eigenvalue weighted by Crippen LogP contribution is 2.26. The summed E-state index contributed by atoms with van der Waals surface area (Å²) >= 11 is 6.13. The van der Waals surface area contributed by atoms with Crippen LogP contribution < -0.4 is 5.32 Å². The third-order valence-corrected chi connectivity index (χ3v) is 3.59. The third kappa shape index (κ3) is 4.10. The van der Waals surface area contributed by atoms with E-state index in [1.54, 1.807) is 0 Å². The maximum absolute atomic E-state index is 8.70.